The lowest BCUT2D eigenvalue weighted by atomic mass is 9.95. The third kappa shape index (κ3) is 6.98. The van der Waals surface area contributed by atoms with Gasteiger partial charge in [-0.05, 0) is 56.4 Å². The average Bonchev–Trinajstić information content (AvgIpc) is 3.00. The Morgan fingerprint density at radius 1 is 1.40 bits per heavy atom. The summed E-state index contributed by atoms with van der Waals surface area (Å²) in [7, 11) is 0. The number of esters is 1. The molecule has 0 aliphatic carbocycles. The van der Waals surface area contributed by atoms with Crippen molar-refractivity contribution in [3.8, 4) is 5.75 Å². The molecular weight excluding hydrogens is 495 g/mol. The second kappa shape index (κ2) is 11.3. The molecule has 0 spiro atoms. The molecule has 3 rings (SSSR count). The second-order valence-corrected chi connectivity index (χ2v) is 11.9. The zero-order valence-corrected chi connectivity index (χ0v) is 21.5. The zero-order chi connectivity index (χ0) is 25.8. The van der Waals surface area contributed by atoms with Crippen LogP contribution in [0.1, 0.15) is 27.2 Å². The predicted molar refractivity (Wildman–Crippen MR) is 132 cm³/mol. The largest absolute Gasteiger partial charge is 0.462 e. The maximum absolute atomic E-state index is 12.5. The Morgan fingerprint density at radius 3 is 2.71 bits per heavy atom. The molecule has 5 atom stereocenters. The fourth-order valence-corrected chi connectivity index (χ4v) is 5.47. The SMILES string of the molecule is C=C1C=CN([C@@H]2O[C@H](COP(=S)(NCC(=O)OC(C)C)Oc3ccccc3)[C@@H](O)[C@@]2(C)O)C(=O)C1. The van der Waals surface area contributed by atoms with E-state index < -0.39 is 36.6 Å². The summed E-state index contributed by atoms with van der Waals surface area (Å²) >= 11 is 5.60. The molecule has 3 N–H and O–H groups in total. The van der Waals surface area contributed by atoms with Crippen molar-refractivity contribution in [2.75, 3.05) is 13.2 Å². The van der Waals surface area contributed by atoms with Crippen molar-refractivity contribution in [2.24, 2.45) is 0 Å². The van der Waals surface area contributed by atoms with Gasteiger partial charge in [0, 0.05) is 6.20 Å². The minimum Gasteiger partial charge on any atom is -0.462 e. The molecular formula is C23H31N2O8PS. The van der Waals surface area contributed by atoms with Crippen molar-refractivity contribution >= 4 is 30.3 Å². The van der Waals surface area contributed by atoms with Gasteiger partial charge in [-0.25, -0.2) is 5.09 Å². The zero-order valence-electron chi connectivity index (χ0n) is 19.8. The van der Waals surface area contributed by atoms with Crippen molar-refractivity contribution in [3.63, 3.8) is 0 Å². The van der Waals surface area contributed by atoms with Crippen molar-refractivity contribution < 1.29 is 38.3 Å². The first-order chi connectivity index (χ1) is 16.4. The number of nitrogens with zero attached hydrogens (tertiary/aromatic N) is 1. The smallest absolute Gasteiger partial charge is 0.320 e. The van der Waals surface area contributed by atoms with Crippen molar-refractivity contribution in [2.45, 2.75) is 57.3 Å². The highest BCUT2D eigenvalue weighted by Gasteiger charge is 2.55. The minimum atomic E-state index is -3.33. The first-order valence-electron chi connectivity index (χ1n) is 11.1. The predicted octanol–water partition coefficient (Wildman–Crippen LogP) is 1.99. The van der Waals surface area contributed by atoms with Crippen LogP contribution in [0.25, 0.3) is 0 Å². The topological polar surface area (TPSA) is 127 Å². The molecule has 2 heterocycles. The standard InChI is InChI=1S/C23H31N2O8PS/c1-15(2)31-20(27)13-24-34(35,33-17-8-6-5-7-9-17)30-14-18-21(28)23(4,29)22(32-18)25-11-10-16(3)12-19(25)26/h5-11,15,18,21-22,28-29H,3,12-14H2,1-2,4H3,(H,24,35)/t18-,21-,22-,23-,34?/m1/s1. The Labute approximate surface area is 209 Å². The van der Waals surface area contributed by atoms with Crippen LogP contribution in [0.2, 0.25) is 0 Å². The number of amides is 1. The van der Waals surface area contributed by atoms with Gasteiger partial charge >= 0.3 is 12.6 Å². The monoisotopic (exact) mass is 526 g/mol. The first-order valence-corrected chi connectivity index (χ1v) is 13.7. The Balaban J connectivity index is 1.72. The van der Waals surface area contributed by atoms with Gasteiger partial charge in [-0.1, -0.05) is 24.8 Å². The normalized spacial score (nSPS) is 28.3. The van der Waals surface area contributed by atoms with Gasteiger partial charge in [0.1, 0.15) is 30.1 Å². The van der Waals surface area contributed by atoms with Gasteiger partial charge in [-0.3, -0.25) is 14.5 Å². The van der Waals surface area contributed by atoms with Crippen LogP contribution in [0.4, 0.5) is 0 Å². The highest BCUT2D eigenvalue weighted by molar-refractivity contribution is 8.09. The lowest BCUT2D eigenvalue weighted by Gasteiger charge is -2.35. The lowest BCUT2D eigenvalue weighted by Crippen LogP contribution is -2.53. The molecule has 2 aliphatic heterocycles. The van der Waals surface area contributed by atoms with Crippen LogP contribution in [0, 0.1) is 0 Å². The minimum absolute atomic E-state index is 0.0752. The number of aliphatic hydroxyl groups is 2. The summed E-state index contributed by atoms with van der Waals surface area (Å²) in [6, 6.07) is 8.68. The molecule has 1 saturated heterocycles. The van der Waals surface area contributed by atoms with E-state index in [0.717, 1.165) is 0 Å². The van der Waals surface area contributed by atoms with E-state index in [1.54, 1.807) is 50.3 Å². The van der Waals surface area contributed by atoms with E-state index in [0.29, 0.717) is 11.3 Å². The van der Waals surface area contributed by atoms with Gasteiger partial charge in [0.25, 0.3) is 0 Å². The van der Waals surface area contributed by atoms with Gasteiger partial charge in [-0.15, -0.1) is 0 Å². The number of hydrogen-bond acceptors (Lipinski definition) is 9. The molecule has 12 heteroatoms. The third-order valence-electron chi connectivity index (χ3n) is 5.31. The molecule has 0 radical (unpaired) electrons. The number of hydrogen-bond donors (Lipinski definition) is 3. The maximum atomic E-state index is 12.5. The summed E-state index contributed by atoms with van der Waals surface area (Å²) in [5, 5.41) is 24.5. The number of allylic oxidation sites excluding steroid dienone is 1. The summed E-state index contributed by atoms with van der Waals surface area (Å²) in [5.41, 5.74) is -1.16. The lowest BCUT2D eigenvalue weighted by molar-refractivity contribution is -0.156. The van der Waals surface area contributed by atoms with Gasteiger partial charge < -0.3 is 28.7 Å². The molecule has 0 saturated carbocycles. The Morgan fingerprint density at radius 2 is 2.09 bits per heavy atom. The molecule has 35 heavy (non-hydrogen) atoms. The van der Waals surface area contributed by atoms with Crippen LogP contribution in [-0.2, 0) is 35.4 Å². The highest BCUT2D eigenvalue weighted by atomic mass is 32.5. The maximum Gasteiger partial charge on any atom is 0.320 e. The number of carbonyl (C=O) groups excluding carboxylic acids is 2. The van der Waals surface area contributed by atoms with E-state index in [9.17, 15) is 19.8 Å². The number of nitrogens with one attached hydrogen (secondary N) is 1. The second-order valence-electron chi connectivity index (χ2n) is 8.72. The van der Waals surface area contributed by atoms with Crippen molar-refractivity contribution in [3.05, 3.63) is 54.8 Å². The summed E-state index contributed by atoms with van der Waals surface area (Å²) in [6.07, 6.45) is -0.699. The molecule has 1 fully saturated rings. The van der Waals surface area contributed by atoms with Crippen molar-refractivity contribution in [1.29, 1.82) is 0 Å². The molecule has 192 valence electrons. The number of carbonyl (C=O) groups is 2. The summed E-state index contributed by atoms with van der Waals surface area (Å²) in [6.45, 7) is 4.73. The van der Waals surface area contributed by atoms with Crippen LogP contribution >= 0.6 is 6.64 Å². The van der Waals surface area contributed by atoms with Gasteiger partial charge in [0.05, 0.1) is 19.1 Å². The van der Waals surface area contributed by atoms with Crippen LogP contribution < -0.4 is 9.61 Å². The molecule has 1 aromatic carbocycles. The Kier molecular flexibility index (Phi) is 8.87. The summed E-state index contributed by atoms with van der Waals surface area (Å²) < 4.78 is 22.7. The van der Waals surface area contributed by atoms with E-state index >= 15 is 0 Å². The van der Waals surface area contributed by atoms with E-state index in [2.05, 4.69) is 11.7 Å². The molecule has 0 bridgehead atoms. The average molecular weight is 527 g/mol. The fraction of sp³-hybridized carbons (Fsp3) is 0.478. The first kappa shape index (κ1) is 27.5. The molecule has 2 aliphatic rings. The van der Waals surface area contributed by atoms with Crippen LogP contribution in [0.3, 0.4) is 0 Å². The number of aliphatic hydroxyl groups excluding tert-OH is 1. The van der Waals surface area contributed by atoms with Gasteiger partial charge in [0.2, 0.25) is 5.91 Å². The molecule has 0 aromatic heterocycles. The fourth-order valence-electron chi connectivity index (χ4n) is 3.56. The molecule has 1 amide bonds. The van der Waals surface area contributed by atoms with E-state index in [-0.39, 0.29) is 31.6 Å². The van der Waals surface area contributed by atoms with Crippen molar-refractivity contribution in [1.82, 2.24) is 9.99 Å². The molecule has 1 aromatic rings. The van der Waals surface area contributed by atoms with E-state index in [4.69, 9.17) is 30.3 Å². The molecule has 1 unspecified atom stereocenters. The van der Waals surface area contributed by atoms with E-state index in [1.165, 1.54) is 18.0 Å². The van der Waals surface area contributed by atoms with Crippen LogP contribution in [-0.4, -0.2) is 70.3 Å². The number of benzene rings is 1. The Hall–Kier alpha value is -2.11. The Bertz CT molecular complexity index is 1020. The quantitative estimate of drug-likeness (QED) is 0.308. The van der Waals surface area contributed by atoms with Gasteiger partial charge in [-0.2, -0.15) is 0 Å². The number of para-hydroxylation sites is 1. The van der Waals surface area contributed by atoms with Gasteiger partial charge in [0.15, 0.2) is 6.23 Å². The van der Waals surface area contributed by atoms with Crippen LogP contribution in [0.5, 0.6) is 5.75 Å². The van der Waals surface area contributed by atoms with Crippen LogP contribution in [0.15, 0.2) is 54.8 Å². The summed E-state index contributed by atoms with van der Waals surface area (Å²) in [5.74, 6) is -0.436. The molecule has 10 nitrogen and oxygen atoms in total. The van der Waals surface area contributed by atoms with E-state index in [1.807, 2.05) is 0 Å². The number of ether oxygens (including phenoxy) is 2. The summed E-state index contributed by atoms with van der Waals surface area (Å²) in [4.78, 5) is 25.7. The number of rotatable bonds is 10. The third-order valence-corrected chi connectivity index (χ3v) is 7.72. The highest BCUT2D eigenvalue weighted by Crippen LogP contribution is 2.46.